The van der Waals surface area contributed by atoms with Crippen LogP contribution in [0.15, 0.2) is 73.1 Å². The first-order valence-corrected chi connectivity index (χ1v) is 12.4. The smallest absolute Gasteiger partial charge is 0.321 e. The van der Waals surface area contributed by atoms with Gasteiger partial charge in [-0.05, 0) is 59.6 Å². The van der Waals surface area contributed by atoms with E-state index in [1.54, 1.807) is 24.4 Å². The second-order valence-electron chi connectivity index (χ2n) is 8.18. The second-order valence-corrected chi connectivity index (χ2v) is 10.3. The molecule has 1 aliphatic rings. The molecule has 3 aromatic rings. The maximum Gasteiger partial charge on any atom is 0.321 e. The molecule has 0 saturated carbocycles. The van der Waals surface area contributed by atoms with Gasteiger partial charge in [0.15, 0.2) is 9.84 Å². The Labute approximate surface area is 188 Å². The quantitative estimate of drug-likeness (QED) is 0.546. The molecule has 0 fully saturated rings. The number of aliphatic carboxylic acids is 1. The summed E-state index contributed by atoms with van der Waals surface area (Å²) >= 11 is 0. The van der Waals surface area contributed by atoms with Gasteiger partial charge >= 0.3 is 5.97 Å². The first kappa shape index (κ1) is 22.2. The van der Waals surface area contributed by atoms with Crippen LogP contribution in [0.5, 0.6) is 0 Å². The van der Waals surface area contributed by atoms with Gasteiger partial charge in [0.2, 0.25) is 0 Å². The van der Waals surface area contributed by atoms with Crippen molar-refractivity contribution in [3.8, 4) is 0 Å². The molecule has 1 aromatic heterocycles. The summed E-state index contributed by atoms with van der Waals surface area (Å²) in [4.78, 5) is 15.7. The van der Waals surface area contributed by atoms with Gasteiger partial charge in [0, 0.05) is 12.4 Å². The van der Waals surface area contributed by atoms with Crippen molar-refractivity contribution in [1.29, 1.82) is 0 Å². The summed E-state index contributed by atoms with van der Waals surface area (Å²) in [5, 5.41) is 11.3. The number of carboxylic acid groups (broad SMARTS) is 1. The van der Waals surface area contributed by atoms with E-state index in [0.29, 0.717) is 11.1 Å². The third-order valence-corrected chi connectivity index (χ3v) is 7.63. The van der Waals surface area contributed by atoms with E-state index in [1.807, 2.05) is 42.6 Å². The second kappa shape index (κ2) is 9.63. The molecule has 6 nitrogen and oxygen atoms in total. The number of sulfone groups is 1. The van der Waals surface area contributed by atoms with Gasteiger partial charge in [-0.25, -0.2) is 8.42 Å². The van der Waals surface area contributed by atoms with Crippen LogP contribution in [0, 0.1) is 0 Å². The molecule has 2 atom stereocenters. The van der Waals surface area contributed by atoms with Crippen molar-refractivity contribution < 1.29 is 18.3 Å². The number of aromatic nitrogens is 1. The van der Waals surface area contributed by atoms with Gasteiger partial charge in [-0.1, -0.05) is 54.6 Å². The Morgan fingerprint density at radius 1 is 1.00 bits per heavy atom. The summed E-state index contributed by atoms with van der Waals surface area (Å²) in [5.74, 6) is -1.20. The number of rotatable bonds is 8. The summed E-state index contributed by atoms with van der Waals surface area (Å²) in [5.41, 5.74) is 4.37. The lowest BCUT2D eigenvalue weighted by Gasteiger charge is -2.31. The number of hydrogen-bond donors (Lipinski definition) is 2. The lowest BCUT2D eigenvalue weighted by molar-refractivity contribution is -0.139. The highest BCUT2D eigenvalue weighted by atomic mass is 32.2. The normalized spacial score (nSPS) is 18.1. The zero-order valence-corrected chi connectivity index (χ0v) is 18.5. The van der Waals surface area contributed by atoms with Gasteiger partial charge in [0.05, 0.1) is 5.75 Å². The molecular formula is C25H26N2O4S. The Kier molecular flexibility index (Phi) is 6.67. The number of fused-ring (bicyclic) bond motifs is 1. The van der Waals surface area contributed by atoms with Crippen molar-refractivity contribution in [2.45, 2.75) is 42.9 Å². The summed E-state index contributed by atoms with van der Waals surface area (Å²) in [6, 6.07) is 17.8. The van der Waals surface area contributed by atoms with Gasteiger partial charge in [0.1, 0.15) is 11.4 Å². The fourth-order valence-electron chi connectivity index (χ4n) is 4.22. The highest BCUT2D eigenvalue weighted by Crippen LogP contribution is 2.31. The molecule has 0 radical (unpaired) electrons. The van der Waals surface area contributed by atoms with Gasteiger partial charge in [0.25, 0.3) is 0 Å². The zero-order valence-electron chi connectivity index (χ0n) is 17.6. The average molecular weight is 451 g/mol. The fraction of sp³-hybridized carbons (Fsp3) is 0.280. The van der Waals surface area contributed by atoms with Crippen molar-refractivity contribution in [3.05, 3.63) is 101 Å². The molecule has 0 aliphatic carbocycles. The van der Waals surface area contributed by atoms with E-state index >= 15 is 0 Å². The topological polar surface area (TPSA) is 96.4 Å². The summed E-state index contributed by atoms with van der Waals surface area (Å²) in [6.07, 6.45) is 6.59. The molecule has 166 valence electrons. The summed E-state index contributed by atoms with van der Waals surface area (Å²) < 4.78 is 26.7. The van der Waals surface area contributed by atoms with Crippen molar-refractivity contribution in [2.75, 3.05) is 0 Å². The fourth-order valence-corrected chi connectivity index (χ4v) is 6.02. The minimum absolute atomic E-state index is 0.151. The largest absolute Gasteiger partial charge is 0.480 e. The van der Waals surface area contributed by atoms with Crippen LogP contribution in [0.1, 0.15) is 39.6 Å². The monoisotopic (exact) mass is 450 g/mol. The van der Waals surface area contributed by atoms with Gasteiger partial charge < -0.3 is 5.11 Å². The van der Waals surface area contributed by atoms with Crippen LogP contribution in [0.4, 0.5) is 0 Å². The molecule has 2 heterocycles. The lowest BCUT2D eigenvalue weighted by Crippen LogP contribution is -2.47. The Morgan fingerprint density at radius 3 is 2.53 bits per heavy atom. The number of nitrogens with zero attached hydrogens (tertiary/aromatic N) is 1. The molecule has 4 rings (SSSR count). The van der Waals surface area contributed by atoms with Crippen molar-refractivity contribution >= 4 is 15.8 Å². The SMILES string of the molecule is O=C(O)[C@@H]1Cc2ccccc2C(S(=O)(=O)Cc2cccc(CCCc3cccnc3)c2)N1. The van der Waals surface area contributed by atoms with E-state index < -0.39 is 27.2 Å². The van der Waals surface area contributed by atoms with E-state index in [2.05, 4.69) is 16.4 Å². The predicted octanol–water partition coefficient (Wildman–Crippen LogP) is 3.47. The summed E-state index contributed by atoms with van der Waals surface area (Å²) in [7, 11) is -3.68. The lowest BCUT2D eigenvalue weighted by atomic mass is 9.96. The first-order chi connectivity index (χ1) is 15.4. The summed E-state index contributed by atoms with van der Waals surface area (Å²) in [6.45, 7) is 0. The van der Waals surface area contributed by atoms with Crippen LogP contribution in [-0.4, -0.2) is 30.5 Å². The van der Waals surface area contributed by atoms with Crippen LogP contribution >= 0.6 is 0 Å². The van der Waals surface area contributed by atoms with Crippen LogP contribution in [0.25, 0.3) is 0 Å². The molecular weight excluding hydrogens is 424 g/mol. The molecule has 0 bridgehead atoms. The Hall–Kier alpha value is -3.03. The maximum absolute atomic E-state index is 13.3. The molecule has 1 aliphatic heterocycles. The number of carbonyl (C=O) groups is 1. The van der Waals surface area contributed by atoms with E-state index in [1.165, 1.54) is 5.56 Å². The predicted molar refractivity (Wildman–Crippen MR) is 123 cm³/mol. The van der Waals surface area contributed by atoms with E-state index in [-0.39, 0.29) is 12.2 Å². The van der Waals surface area contributed by atoms with Crippen LogP contribution in [-0.2, 0) is 39.6 Å². The van der Waals surface area contributed by atoms with Gasteiger partial charge in [-0.3, -0.25) is 15.1 Å². The number of carboxylic acids is 1. The van der Waals surface area contributed by atoms with Gasteiger partial charge in [-0.2, -0.15) is 0 Å². The van der Waals surface area contributed by atoms with Crippen LogP contribution < -0.4 is 5.32 Å². The Morgan fingerprint density at radius 2 is 1.75 bits per heavy atom. The molecule has 32 heavy (non-hydrogen) atoms. The standard InChI is InChI=1S/C25H26N2O4S/c28-25(29)23-15-21-11-1-2-12-22(21)24(27-23)32(30,31)17-20-9-4-7-18(14-20)6-3-8-19-10-5-13-26-16-19/h1-2,4-5,7,9-14,16,23-24,27H,3,6,8,15,17H2,(H,28,29)/t23-,24?/m0/s1. The first-order valence-electron chi connectivity index (χ1n) is 10.7. The third-order valence-electron chi connectivity index (χ3n) is 5.78. The molecule has 1 unspecified atom stereocenters. The van der Waals surface area contributed by atoms with E-state index in [4.69, 9.17) is 0 Å². The molecule has 7 heteroatoms. The number of benzene rings is 2. The number of pyridine rings is 1. The van der Waals surface area contributed by atoms with E-state index in [9.17, 15) is 18.3 Å². The van der Waals surface area contributed by atoms with Gasteiger partial charge in [-0.15, -0.1) is 0 Å². The van der Waals surface area contributed by atoms with Crippen molar-refractivity contribution in [1.82, 2.24) is 10.3 Å². The Bertz CT molecular complexity index is 1200. The highest BCUT2D eigenvalue weighted by Gasteiger charge is 2.37. The van der Waals surface area contributed by atoms with E-state index in [0.717, 1.165) is 30.4 Å². The Balaban J connectivity index is 1.48. The van der Waals surface area contributed by atoms with Crippen molar-refractivity contribution in [3.63, 3.8) is 0 Å². The molecule has 2 aromatic carbocycles. The average Bonchev–Trinajstić information content (AvgIpc) is 2.79. The molecule has 2 N–H and O–H groups in total. The number of nitrogens with one attached hydrogen (secondary N) is 1. The van der Waals surface area contributed by atoms with Crippen LogP contribution in [0.2, 0.25) is 0 Å². The van der Waals surface area contributed by atoms with Crippen LogP contribution in [0.3, 0.4) is 0 Å². The zero-order chi connectivity index (χ0) is 22.6. The minimum atomic E-state index is -3.68. The minimum Gasteiger partial charge on any atom is -0.480 e. The molecule has 0 spiro atoms. The van der Waals surface area contributed by atoms with Crippen molar-refractivity contribution in [2.24, 2.45) is 0 Å². The number of hydrogen-bond acceptors (Lipinski definition) is 5. The molecule has 0 saturated heterocycles. The number of aryl methyl sites for hydroxylation is 2. The third kappa shape index (κ3) is 5.23. The highest BCUT2D eigenvalue weighted by molar-refractivity contribution is 7.90. The maximum atomic E-state index is 13.3. The molecule has 0 amide bonds.